The average Bonchev–Trinajstić information content (AvgIpc) is 2.34. The number of hydrogen-bond donors (Lipinski definition) is 0. The largest absolute Gasteiger partial charge is 0.346 e. The molecule has 1 atom stereocenters. The van der Waals surface area contributed by atoms with Crippen molar-refractivity contribution in [1.29, 1.82) is 0 Å². The molecule has 0 amide bonds. The summed E-state index contributed by atoms with van der Waals surface area (Å²) in [4.78, 5) is 20.7. The van der Waals surface area contributed by atoms with Crippen LogP contribution in [0.15, 0.2) is 35.6 Å². The summed E-state index contributed by atoms with van der Waals surface area (Å²) >= 11 is 0. The summed E-state index contributed by atoms with van der Waals surface area (Å²) < 4.78 is 0. The van der Waals surface area contributed by atoms with Gasteiger partial charge in [-0.2, -0.15) is 4.89 Å². The molecule has 0 aromatic carbocycles. The molecule has 4 nitrogen and oxygen atoms in total. The predicted molar refractivity (Wildman–Crippen MR) is 67.3 cm³/mol. The zero-order valence-electron chi connectivity index (χ0n) is 11.1. The summed E-state index contributed by atoms with van der Waals surface area (Å²) in [6.45, 7) is 6.56. The summed E-state index contributed by atoms with van der Waals surface area (Å²) in [7, 11) is 0. The lowest BCUT2D eigenvalue weighted by atomic mass is 10.00. The van der Waals surface area contributed by atoms with Gasteiger partial charge in [-0.25, -0.2) is 9.78 Å². The Bertz CT molecular complexity index is 379. The Hall–Kier alpha value is -1.10. The van der Waals surface area contributed by atoms with E-state index in [1.54, 1.807) is 6.26 Å². The maximum absolute atomic E-state index is 5.56. The van der Waals surface area contributed by atoms with Crippen molar-refractivity contribution >= 4 is 0 Å². The van der Waals surface area contributed by atoms with Gasteiger partial charge >= 0.3 is 0 Å². The van der Waals surface area contributed by atoms with Crippen LogP contribution in [0.2, 0.25) is 0 Å². The van der Waals surface area contributed by atoms with E-state index in [1.165, 1.54) is 5.57 Å². The van der Waals surface area contributed by atoms with Crippen molar-refractivity contribution in [3.05, 3.63) is 35.6 Å². The first-order chi connectivity index (χ1) is 8.57. The summed E-state index contributed by atoms with van der Waals surface area (Å²) in [5.41, 5.74) is 1.90. The molecule has 100 valence electrons. The van der Waals surface area contributed by atoms with Gasteiger partial charge in [0.25, 0.3) is 0 Å². The van der Waals surface area contributed by atoms with Crippen molar-refractivity contribution in [2.75, 3.05) is 6.61 Å². The van der Waals surface area contributed by atoms with Gasteiger partial charge in [0.15, 0.2) is 0 Å². The predicted octanol–water partition coefficient (Wildman–Crippen LogP) is 3.22. The fourth-order valence-electron chi connectivity index (χ4n) is 1.79. The molecule has 0 spiro atoms. The van der Waals surface area contributed by atoms with Crippen LogP contribution in [0.1, 0.15) is 33.6 Å². The SMILES string of the molecule is C/C1=C/C=C\C(C)(C)OOC1CC1=COOCC1. The van der Waals surface area contributed by atoms with E-state index in [0.29, 0.717) is 6.61 Å². The van der Waals surface area contributed by atoms with Crippen LogP contribution in [0.4, 0.5) is 0 Å². The molecule has 0 aromatic rings. The van der Waals surface area contributed by atoms with E-state index in [2.05, 4.69) is 6.08 Å². The van der Waals surface area contributed by atoms with E-state index in [4.69, 9.17) is 19.6 Å². The molecule has 0 aliphatic carbocycles. The summed E-state index contributed by atoms with van der Waals surface area (Å²) in [6, 6.07) is 0. The average molecular weight is 252 g/mol. The van der Waals surface area contributed by atoms with Crippen molar-refractivity contribution in [3.63, 3.8) is 0 Å². The van der Waals surface area contributed by atoms with E-state index >= 15 is 0 Å². The van der Waals surface area contributed by atoms with Gasteiger partial charge in [0, 0.05) is 6.42 Å². The molecule has 0 N–H and O–H groups in total. The fraction of sp³-hybridized carbons (Fsp3) is 0.571. The zero-order valence-corrected chi connectivity index (χ0v) is 11.1. The Morgan fingerprint density at radius 3 is 2.94 bits per heavy atom. The van der Waals surface area contributed by atoms with E-state index < -0.39 is 5.60 Å². The normalized spacial score (nSPS) is 32.3. The Labute approximate surface area is 108 Å². The Morgan fingerprint density at radius 1 is 1.39 bits per heavy atom. The third-order valence-corrected chi connectivity index (χ3v) is 2.98. The lowest BCUT2D eigenvalue weighted by molar-refractivity contribution is -0.359. The first-order valence-electron chi connectivity index (χ1n) is 6.23. The summed E-state index contributed by atoms with van der Waals surface area (Å²) in [5, 5.41) is 0. The molecule has 0 aromatic heterocycles. The smallest absolute Gasteiger partial charge is 0.128 e. The van der Waals surface area contributed by atoms with Gasteiger partial charge in [-0.15, -0.1) is 0 Å². The second-order valence-corrected chi connectivity index (χ2v) is 5.19. The highest BCUT2D eigenvalue weighted by Gasteiger charge is 2.23. The molecule has 0 fully saturated rings. The van der Waals surface area contributed by atoms with Crippen LogP contribution in [0.5, 0.6) is 0 Å². The monoisotopic (exact) mass is 252 g/mol. The minimum Gasteiger partial charge on any atom is -0.346 e. The topological polar surface area (TPSA) is 36.9 Å². The Kier molecular flexibility index (Phi) is 4.22. The Morgan fingerprint density at radius 2 is 2.22 bits per heavy atom. The molecular formula is C14H20O4. The third-order valence-electron chi connectivity index (χ3n) is 2.98. The van der Waals surface area contributed by atoms with E-state index in [0.717, 1.165) is 18.4 Å². The second-order valence-electron chi connectivity index (χ2n) is 5.19. The van der Waals surface area contributed by atoms with Crippen molar-refractivity contribution in [1.82, 2.24) is 0 Å². The summed E-state index contributed by atoms with van der Waals surface area (Å²) in [6.07, 6.45) is 9.25. The third kappa shape index (κ3) is 3.70. The maximum atomic E-state index is 5.56. The fourth-order valence-corrected chi connectivity index (χ4v) is 1.79. The van der Waals surface area contributed by atoms with Gasteiger partial charge in [0.2, 0.25) is 0 Å². The van der Waals surface area contributed by atoms with Crippen LogP contribution < -0.4 is 0 Å². The first-order valence-corrected chi connectivity index (χ1v) is 6.23. The van der Waals surface area contributed by atoms with Crippen LogP contribution in [-0.4, -0.2) is 18.3 Å². The molecule has 1 unspecified atom stereocenters. The molecule has 0 saturated heterocycles. The highest BCUT2D eigenvalue weighted by Crippen LogP contribution is 2.25. The molecule has 0 radical (unpaired) electrons. The van der Waals surface area contributed by atoms with Gasteiger partial charge in [-0.3, -0.25) is 0 Å². The quantitative estimate of drug-likeness (QED) is 0.707. The molecule has 0 saturated carbocycles. The number of rotatable bonds is 2. The molecular weight excluding hydrogens is 232 g/mol. The van der Waals surface area contributed by atoms with Gasteiger partial charge in [0.05, 0.1) is 6.61 Å². The van der Waals surface area contributed by atoms with Crippen LogP contribution in [-0.2, 0) is 19.6 Å². The molecule has 0 bridgehead atoms. The molecule has 2 aliphatic heterocycles. The summed E-state index contributed by atoms with van der Waals surface area (Å²) in [5.74, 6) is 0. The maximum Gasteiger partial charge on any atom is 0.128 e. The standard InChI is InChI=1S/C14H20O4/c1-11-5-4-7-14(2,3)18-17-13(11)9-12-6-8-15-16-10-12/h4-5,7,10,13H,6,8-9H2,1-3H3/b7-4-,11-5-. The molecule has 2 aliphatic rings. The van der Waals surface area contributed by atoms with Gasteiger partial charge in [-0.1, -0.05) is 18.2 Å². The number of allylic oxidation sites excluding steroid dienone is 2. The van der Waals surface area contributed by atoms with Crippen LogP contribution in [0, 0.1) is 0 Å². The minimum absolute atomic E-state index is 0.0813. The minimum atomic E-state index is -0.407. The number of hydrogen-bond acceptors (Lipinski definition) is 4. The molecule has 4 heteroatoms. The van der Waals surface area contributed by atoms with Gasteiger partial charge < -0.3 is 4.89 Å². The van der Waals surface area contributed by atoms with Crippen molar-refractivity contribution in [3.8, 4) is 0 Å². The van der Waals surface area contributed by atoms with Crippen LogP contribution in [0.3, 0.4) is 0 Å². The second kappa shape index (κ2) is 5.69. The zero-order chi connectivity index (χ0) is 13.0. The highest BCUT2D eigenvalue weighted by atomic mass is 17.2. The van der Waals surface area contributed by atoms with Gasteiger partial charge in [0.1, 0.15) is 18.0 Å². The molecule has 18 heavy (non-hydrogen) atoms. The van der Waals surface area contributed by atoms with Crippen LogP contribution >= 0.6 is 0 Å². The van der Waals surface area contributed by atoms with E-state index in [-0.39, 0.29) is 6.10 Å². The van der Waals surface area contributed by atoms with Crippen LogP contribution in [0.25, 0.3) is 0 Å². The lowest BCUT2D eigenvalue weighted by Gasteiger charge is -2.27. The van der Waals surface area contributed by atoms with E-state index in [1.807, 2.05) is 32.9 Å². The van der Waals surface area contributed by atoms with E-state index in [9.17, 15) is 0 Å². The lowest BCUT2D eigenvalue weighted by Crippen LogP contribution is -2.28. The Balaban J connectivity index is 2.05. The highest BCUT2D eigenvalue weighted by molar-refractivity contribution is 5.19. The van der Waals surface area contributed by atoms with Crippen molar-refractivity contribution < 1.29 is 19.6 Å². The molecule has 2 heterocycles. The van der Waals surface area contributed by atoms with Crippen molar-refractivity contribution in [2.45, 2.75) is 45.3 Å². The molecule has 2 rings (SSSR count). The van der Waals surface area contributed by atoms with Gasteiger partial charge in [-0.05, 0) is 38.3 Å². The van der Waals surface area contributed by atoms with Crippen molar-refractivity contribution in [2.24, 2.45) is 0 Å². The first kappa shape index (κ1) is 13.3.